The zero-order valence-corrected chi connectivity index (χ0v) is 12.9. The lowest BCUT2D eigenvalue weighted by Gasteiger charge is -2.16. The number of methoxy groups -OCH3 is 1. The van der Waals surface area contributed by atoms with Crippen molar-refractivity contribution < 1.29 is 9.47 Å². The molecule has 2 atom stereocenters. The summed E-state index contributed by atoms with van der Waals surface area (Å²) in [5, 5.41) is 3.85. The number of azide groups is 1. The van der Waals surface area contributed by atoms with E-state index in [0.717, 1.165) is 18.8 Å². The molecule has 0 aliphatic carbocycles. The van der Waals surface area contributed by atoms with Crippen LogP contribution in [0.2, 0.25) is 0 Å². The summed E-state index contributed by atoms with van der Waals surface area (Å²) in [6, 6.07) is 7.81. The highest BCUT2D eigenvalue weighted by atomic mass is 16.5. The summed E-state index contributed by atoms with van der Waals surface area (Å²) < 4.78 is 10.9. The largest absolute Gasteiger partial charge is 0.497 e. The lowest BCUT2D eigenvalue weighted by molar-refractivity contribution is 0.0742. The van der Waals surface area contributed by atoms with Gasteiger partial charge in [0.2, 0.25) is 0 Å². The van der Waals surface area contributed by atoms with Crippen molar-refractivity contribution in [2.24, 2.45) is 5.11 Å². The summed E-state index contributed by atoms with van der Waals surface area (Å²) in [5.41, 5.74) is 9.88. The van der Waals surface area contributed by atoms with E-state index < -0.39 is 0 Å². The van der Waals surface area contributed by atoms with Crippen molar-refractivity contribution in [3.63, 3.8) is 0 Å². The molecule has 6 heteroatoms. The minimum absolute atomic E-state index is 0.102. The maximum absolute atomic E-state index is 8.69. The van der Waals surface area contributed by atoms with Gasteiger partial charge in [-0.05, 0) is 30.2 Å². The highest BCUT2D eigenvalue weighted by molar-refractivity contribution is 5.27. The predicted octanol–water partition coefficient (Wildman–Crippen LogP) is 2.60. The van der Waals surface area contributed by atoms with Gasteiger partial charge in [0.05, 0.1) is 19.3 Å². The van der Waals surface area contributed by atoms with Gasteiger partial charge < -0.3 is 9.47 Å². The summed E-state index contributed by atoms with van der Waals surface area (Å²) in [6.07, 6.45) is -0.102. The van der Waals surface area contributed by atoms with Gasteiger partial charge in [0.15, 0.2) is 0 Å². The van der Waals surface area contributed by atoms with Gasteiger partial charge in [-0.2, -0.15) is 0 Å². The average Bonchev–Trinajstić information content (AvgIpc) is 2.90. The third-order valence-corrected chi connectivity index (χ3v) is 3.62. The molecule has 0 spiro atoms. The van der Waals surface area contributed by atoms with Gasteiger partial charge in [0.1, 0.15) is 12.4 Å². The van der Waals surface area contributed by atoms with Gasteiger partial charge in [-0.1, -0.05) is 23.2 Å². The number of hydrogen-bond donors (Lipinski definition) is 0. The molecular weight excluding hydrogens is 280 g/mol. The van der Waals surface area contributed by atoms with Crippen LogP contribution in [0.15, 0.2) is 29.4 Å². The maximum atomic E-state index is 8.69. The lowest BCUT2D eigenvalue weighted by atomic mass is 10.2. The quantitative estimate of drug-likeness (QED) is 0.351. The fourth-order valence-electron chi connectivity index (χ4n) is 2.51. The number of hydrogen-bond acceptors (Lipinski definition) is 4. The van der Waals surface area contributed by atoms with Gasteiger partial charge in [-0.15, -0.1) is 5.92 Å². The molecule has 1 saturated heterocycles. The summed E-state index contributed by atoms with van der Waals surface area (Å²) in [6.45, 7) is 4.37. The molecule has 1 aliphatic rings. The zero-order chi connectivity index (χ0) is 15.8. The van der Waals surface area contributed by atoms with E-state index in [1.165, 1.54) is 5.56 Å². The Kier molecular flexibility index (Phi) is 6.11. The number of rotatable bonds is 6. The molecule has 0 bridgehead atoms. The third kappa shape index (κ3) is 4.40. The predicted molar refractivity (Wildman–Crippen MR) is 84.4 cm³/mol. The summed E-state index contributed by atoms with van der Waals surface area (Å²) in [4.78, 5) is 5.15. The van der Waals surface area contributed by atoms with Crippen molar-refractivity contribution in [2.45, 2.75) is 25.6 Å². The van der Waals surface area contributed by atoms with Crippen LogP contribution in [0, 0.1) is 11.8 Å². The minimum atomic E-state index is -0.165. The Balaban J connectivity index is 1.96. The number of ether oxygens (including phenoxy) is 2. The fourth-order valence-corrected chi connectivity index (χ4v) is 2.51. The molecule has 1 aliphatic heterocycles. The van der Waals surface area contributed by atoms with Crippen molar-refractivity contribution in [2.75, 3.05) is 26.8 Å². The maximum Gasteiger partial charge on any atom is 0.118 e. The second-order valence-electron chi connectivity index (χ2n) is 5.09. The normalized spacial score (nSPS) is 20.8. The molecule has 0 aromatic heterocycles. The Hall–Kier alpha value is -2.19. The van der Waals surface area contributed by atoms with Crippen LogP contribution in [-0.2, 0) is 11.3 Å². The molecule has 6 nitrogen and oxygen atoms in total. The summed E-state index contributed by atoms with van der Waals surface area (Å²) >= 11 is 0. The van der Waals surface area contributed by atoms with Crippen molar-refractivity contribution >= 4 is 0 Å². The second kappa shape index (κ2) is 8.30. The number of nitrogens with zero attached hydrogens (tertiary/aromatic N) is 4. The van der Waals surface area contributed by atoms with Gasteiger partial charge in [-0.25, -0.2) is 0 Å². The van der Waals surface area contributed by atoms with Crippen LogP contribution in [0.3, 0.4) is 0 Å². The monoisotopic (exact) mass is 300 g/mol. The molecule has 1 unspecified atom stereocenters. The van der Waals surface area contributed by atoms with Crippen LogP contribution in [0.5, 0.6) is 5.75 Å². The van der Waals surface area contributed by atoms with Crippen molar-refractivity contribution in [3.8, 4) is 17.6 Å². The third-order valence-electron chi connectivity index (χ3n) is 3.62. The summed E-state index contributed by atoms with van der Waals surface area (Å²) in [5.74, 6) is 6.52. The molecule has 1 aromatic rings. The Morgan fingerprint density at radius 3 is 2.77 bits per heavy atom. The van der Waals surface area contributed by atoms with E-state index in [0.29, 0.717) is 13.2 Å². The van der Waals surface area contributed by atoms with E-state index in [9.17, 15) is 0 Å². The van der Waals surface area contributed by atoms with Gasteiger partial charge in [0, 0.05) is 24.5 Å². The van der Waals surface area contributed by atoms with Crippen LogP contribution in [0.1, 0.15) is 12.5 Å². The Bertz CT molecular complexity index is 584. The Labute approximate surface area is 130 Å². The SMILES string of the molecule is CC#CCOC1CN(Cc2ccc(OC)cc2)C[C@H]1N=[N+]=[N-]. The average molecular weight is 300 g/mol. The van der Waals surface area contributed by atoms with E-state index in [1.807, 2.05) is 24.3 Å². The minimum Gasteiger partial charge on any atom is -0.497 e. The molecule has 2 rings (SSSR count). The van der Waals surface area contributed by atoms with Crippen molar-refractivity contribution in [1.82, 2.24) is 4.90 Å². The van der Waals surface area contributed by atoms with Gasteiger partial charge in [0.25, 0.3) is 0 Å². The van der Waals surface area contributed by atoms with Gasteiger partial charge in [-0.3, -0.25) is 4.90 Å². The van der Waals surface area contributed by atoms with Crippen LogP contribution < -0.4 is 4.74 Å². The molecular formula is C16H20N4O2. The molecule has 0 saturated carbocycles. The molecule has 0 amide bonds. The van der Waals surface area contributed by atoms with Crippen LogP contribution >= 0.6 is 0 Å². The van der Waals surface area contributed by atoms with Crippen LogP contribution in [-0.4, -0.2) is 43.9 Å². The first-order valence-corrected chi connectivity index (χ1v) is 7.17. The Morgan fingerprint density at radius 1 is 1.36 bits per heavy atom. The molecule has 1 heterocycles. The first-order chi connectivity index (χ1) is 10.8. The van der Waals surface area contributed by atoms with Crippen molar-refractivity contribution in [3.05, 3.63) is 40.3 Å². The second-order valence-corrected chi connectivity index (χ2v) is 5.09. The smallest absolute Gasteiger partial charge is 0.118 e. The van der Waals surface area contributed by atoms with E-state index in [2.05, 4.69) is 26.8 Å². The standard InChI is InChI=1S/C16H20N4O2/c1-3-4-9-22-16-12-20(11-15(16)18-19-17)10-13-5-7-14(21-2)8-6-13/h5-8,15-16H,9-12H2,1-2H3/t15-,16?/m1/s1. The van der Waals surface area contributed by atoms with E-state index in [4.69, 9.17) is 15.0 Å². The number of likely N-dealkylation sites (tertiary alicyclic amines) is 1. The van der Waals surface area contributed by atoms with E-state index >= 15 is 0 Å². The molecule has 1 fully saturated rings. The summed E-state index contributed by atoms with van der Waals surface area (Å²) in [7, 11) is 1.65. The van der Waals surface area contributed by atoms with Crippen LogP contribution in [0.4, 0.5) is 0 Å². The van der Waals surface area contributed by atoms with Crippen molar-refractivity contribution in [1.29, 1.82) is 0 Å². The first kappa shape index (κ1) is 16.2. The topological polar surface area (TPSA) is 70.5 Å². The number of benzene rings is 1. The molecule has 0 radical (unpaired) electrons. The molecule has 22 heavy (non-hydrogen) atoms. The Morgan fingerprint density at radius 2 is 2.14 bits per heavy atom. The fraction of sp³-hybridized carbons (Fsp3) is 0.500. The lowest BCUT2D eigenvalue weighted by Crippen LogP contribution is -2.25. The molecule has 0 N–H and O–H groups in total. The molecule has 116 valence electrons. The molecule has 1 aromatic carbocycles. The highest BCUT2D eigenvalue weighted by Gasteiger charge is 2.32. The highest BCUT2D eigenvalue weighted by Crippen LogP contribution is 2.20. The first-order valence-electron chi connectivity index (χ1n) is 7.17. The van der Waals surface area contributed by atoms with Gasteiger partial charge >= 0.3 is 0 Å². The zero-order valence-electron chi connectivity index (χ0n) is 12.9. The van der Waals surface area contributed by atoms with E-state index in [-0.39, 0.29) is 12.1 Å². The van der Waals surface area contributed by atoms with Crippen LogP contribution in [0.25, 0.3) is 10.4 Å². The van der Waals surface area contributed by atoms with E-state index in [1.54, 1.807) is 14.0 Å².